The number of benzene rings is 2. The minimum atomic E-state index is -0.334. The molecule has 6 nitrogen and oxygen atoms in total. The van der Waals surface area contributed by atoms with Gasteiger partial charge in [-0.25, -0.2) is 0 Å². The number of pyridine rings is 1. The fourth-order valence-corrected chi connectivity index (χ4v) is 5.23. The van der Waals surface area contributed by atoms with Crippen LogP contribution in [0.25, 0.3) is 11.3 Å². The Balaban J connectivity index is 1.56. The molecule has 3 heterocycles. The van der Waals surface area contributed by atoms with Crippen LogP contribution in [-0.4, -0.2) is 16.0 Å². The summed E-state index contributed by atoms with van der Waals surface area (Å²) in [6.45, 7) is 5.69. The van der Waals surface area contributed by atoms with Gasteiger partial charge in [0.05, 0.1) is 21.8 Å². The third-order valence-corrected chi connectivity index (χ3v) is 7.64. The zero-order valence-electron chi connectivity index (χ0n) is 21.0. The van der Waals surface area contributed by atoms with Crippen LogP contribution in [0.15, 0.2) is 77.3 Å². The lowest BCUT2D eigenvalue weighted by Gasteiger charge is -2.27. The first kappa shape index (κ1) is 26.2. The topological polar surface area (TPSA) is 70.4 Å². The summed E-state index contributed by atoms with van der Waals surface area (Å²) < 4.78 is 6.41. The van der Waals surface area contributed by atoms with Gasteiger partial charge in [-0.15, -0.1) is 0 Å². The largest absolute Gasteiger partial charge is 0.459 e. The molecule has 1 amide bonds. The minimum Gasteiger partial charge on any atom is -0.459 e. The van der Waals surface area contributed by atoms with E-state index in [1.807, 2.05) is 86.3 Å². The van der Waals surface area contributed by atoms with E-state index in [0.29, 0.717) is 32.2 Å². The van der Waals surface area contributed by atoms with Gasteiger partial charge in [-0.1, -0.05) is 49.2 Å². The predicted molar refractivity (Wildman–Crippen MR) is 157 cm³/mol. The molecule has 1 fully saturated rings. The fourth-order valence-electron chi connectivity index (χ4n) is 4.49. The highest BCUT2D eigenvalue weighted by molar-refractivity contribution is 7.80. The van der Waals surface area contributed by atoms with Crippen molar-refractivity contribution in [1.82, 2.24) is 10.3 Å². The molecule has 0 spiro atoms. The maximum atomic E-state index is 12.3. The first-order valence-electron chi connectivity index (χ1n) is 12.2. The number of amides is 1. The Hall–Kier alpha value is -3.39. The average Bonchev–Trinajstić information content (AvgIpc) is 3.52. The zero-order chi connectivity index (χ0) is 27.0. The summed E-state index contributed by atoms with van der Waals surface area (Å²) in [5.41, 5.74) is 4.09. The number of aryl methyl sites for hydroxylation is 1. The van der Waals surface area contributed by atoms with Crippen LogP contribution in [0.2, 0.25) is 10.0 Å². The Bertz CT molecular complexity index is 1510. The van der Waals surface area contributed by atoms with Gasteiger partial charge in [0.15, 0.2) is 5.11 Å². The summed E-state index contributed by atoms with van der Waals surface area (Å²) in [6, 6.07) is 20.3. The Labute approximate surface area is 237 Å². The van der Waals surface area contributed by atoms with Gasteiger partial charge in [0.1, 0.15) is 17.6 Å². The molecule has 1 aliphatic rings. The number of thiocarbonyl (C=S) groups is 1. The summed E-state index contributed by atoms with van der Waals surface area (Å²) in [7, 11) is 0. The highest BCUT2D eigenvalue weighted by atomic mass is 35.5. The standard InChI is InChI=1S/C29H26Cl2N4O2S/c1-16(2)28(36)33-21-11-10-18(15-17(21)3)35-27(26(34-29(35)38)22-9-4-5-14-32-22)24-13-12-23(37-24)19-7-6-8-20(30)25(19)31/h4-16,26-27H,1-3H3,(H,33,36)(H,34,38). The predicted octanol–water partition coefficient (Wildman–Crippen LogP) is 7.73. The van der Waals surface area contributed by atoms with E-state index in [-0.39, 0.29) is 23.9 Å². The Morgan fingerprint density at radius 2 is 1.92 bits per heavy atom. The number of halogens is 2. The van der Waals surface area contributed by atoms with Crippen LogP contribution in [-0.2, 0) is 4.79 Å². The second-order valence-corrected chi connectivity index (χ2v) is 10.6. The van der Waals surface area contributed by atoms with Gasteiger partial charge in [0.2, 0.25) is 5.91 Å². The molecule has 1 aliphatic heterocycles. The highest BCUT2D eigenvalue weighted by Crippen LogP contribution is 2.44. The number of nitrogens with zero attached hydrogens (tertiary/aromatic N) is 2. The lowest BCUT2D eigenvalue weighted by molar-refractivity contribution is -0.118. The molecule has 2 aromatic carbocycles. The number of carbonyl (C=O) groups is 1. The van der Waals surface area contributed by atoms with E-state index in [1.165, 1.54) is 0 Å². The van der Waals surface area contributed by atoms with Gasteiger partial charge in [-0.2, -0.15) is 0 Å². The van der Waals surface area contributed by atoms with E-state index < -0.39 is 0 Å². The van der Waals surface area contributed by atoms with Crippen LogP contribution < -0.4 is 15.5 Å². The molecule has 0 radical (unpaired) electrons. The van der Waals surface area contributed by atoms with Crippen LogP contribution in [0, 0.1) is 12.8 Å². The van der Waals surface area contributed by atoms with Crippen molar-refractivity contribution >= 4 is 57.8 Å². The molecule has 2 aromatic heterocycles. The first-order chi connectivity index (χ1) is 18.2. The molecule has 9 heteroatoms. The number of nitrogens with one attached hydrogen (secondary N) is 2. The molecule has 5 rings (SSSR count). The van der Waals surface area contributed by atoms with Crippen LogP contribution in [0.5, 0.6) is 0 Å². The van der Waals surface area contributed by atoms with Crippen molar-refractivity contribution in [2.45, 2.75) is 32.9 Å². The quantitative estimate of drug-likeness (QED) is 0.233. The van der Waals surface area contributed by atoms with Gasteiger partial charge in [0, 0.05) is 29.1 Å². The van der Waals surface area contributed by atoms with Crippen molar-refractivity contribution < 1.29 is 9.21 Å². The van der Waals surface area contributed by atoms with E-state index in [9.17, 15) is 4.79 Å². The van der Waals surface area contributed by atoms with Crippen molar-refractivity contribution in [3.8, 4) is 11.3 Å². The summed E-state index contributed by atoms with van der Waals surface area (Å²) in [5, 5.41) is 7.86. The van der Waals surface area contributed by atoms with E-state index in [2.05, 4.69) is 15.6 Å². The maximum absolute atomic E-state index is 12.3. The molecule has 2 unspecified atom stereocenters. The van der Waals surface area contributed by atoms with Crippen molar-refractivity contribution in [2.75, 3.05) is 10.2 Å². The summed E-state index contributed by atoms with van der Waals surface area (Å²) in [6.07, 6.45) is 1.76. The third kappa shape index (κ3) is 5.01. The van der Waals surface area contributed by atoms with Crippen LogP contribution >= 0.6 is 35.4 Å². The number of hydrogen-bond acceptors (Lipinski definition) is 4. The SMILES string of the molecule is Cc1cc(N2C(=S)NC(c3ccccn3)C2c2ccc(-c3cccc(Cl)c3Cl)o2)ccc1NC(=O)C(C)C. The van der Waals surface area contributed by atoms with Gasteiger partial charge in [-0.05, 0) is 79.3 Å². The highest BCUT2D eigenvalue weighted by Gasteiger charge is 2.42. The molecule has 4 aromatic rings. The van der Waals surface area contributed by atoms with Gasteiger partial charge < -0.3 is 20.0 Å². The van der Waals surface area contributed by atoms with Crippen LogP contribution in [0.4, 0.5) is 11.4 Å². The van der Waals surface area contributed by atoms with Crippen LogP contribution in [0.3, 0.4) is 0 Å². The molecule has 2 atom stereocenters. The van der Waals surface area contributed by atoms with E-state index in [4.69, 9.17) is 39.8 Å². The number of carbonyl (C=O) groups excluding carboxylic acids is 1. The number of furan rings is 1. The molecule has 0 bridgehead atoms. The average molecular weight is 566 g/mol. The Kier molecular flexibility index (Phi) is 7.43. The minimum absolute atomic E-state index is 0.0323. The zero-order valence-corrected chi connectivity index (χ0v) is 23.4. The van der Waals surface area contributed by atoms with Crippen molar-refractivity contribution in [3.63, 3.8) is 0 Å². The molecular formula is C29H26Cl2N4O2S. The Morgan fingerprint density at radius 3 is 2.63 bits per heavy atom. The third-order valence-electron chi connectivity index (χ3n) is 6.50. The second-order valence-electron chi connectivity index (χ2n) is 9.44. The van der Waals surface area contributed by atoms with Crippen LogP contribution in [0.1, 0.15) is 42.9 Å². The number of hydrogen-bond donors (Lipinski definition) is 2. The lowest BCUT2D eigenvalue weighted by atomic mass is 10.0. The molecule has 0 saturated carbocycles. The summed E-state index contributed by atoms with van der Waals surface area (Å²) in [5.74, 6) is 1.14. The van der Waals surface area contributed by atoms with E-state index >= 15 is 0 Å². The molecule has 38 heavy (non-hydrogen) atoms. The van der Waals surface area contributed by atoms with Crippen molar-refractivity contribution in [2.24, 2.45) is 5.92 Å². The van der Waals surface area contributed by atoms with Crippen molar-refractivity contribution in [3.05, 3.63) is 100.0 Å². The fraction of sp³-hybridized carbons (Fsp3) is 0.207. The van der Waals surface area contributed by atoms with Gasteiger partial charge in [0.25, 0.3) is 0 Å². The number of rotatable bonds is 6. The molecule has 0 aliphatic carbocycles. The number of anilines is 2. The molecule has 194 valence electrons. The summed E-state index contributed by atoms with van der Waals surface area (Å²) in [4.78, 5) is 18.9. The smallest absolute Gasteiger partial charge is 0.226 e. The monoisotopic (exact) mass is 564 g/mol. The maximum Gasteiger partial charge on any atom is 0.226 e. The van der Waals surface area contributed by atoms with E-state index in [0.717, 1.165) is 22.6 Å². The van der Waals surface area contributed by atoms with Gasteiger partial charge >= 0.3 is 0 Å². The van der Waals surface area contributed by atoms with E-state index in [1.54, 1.807) is 12.3 Å². The lowest BCUT2D eigenvalue weighted by Crippen LogP contribution is -2.29. The molecule has 2 N–H and O–H groups in total. The Morgan fingerprint density at radius 1 is 1.11 bits per heavy atom. The number of aromatic nitrogens is 1. The van der Waals surface area contributed by atoms with Gasteiger partial charge in [-0.3, -0.25) is 9.78 Å². The molecule has 1 saturated heterocycles. The molecular weight excluding hydrogens is 539 g/mol. The van der Waals surface area contributed by atoms with Crippen molar-refractivity contribution in [1.29, 1.82) is 0 Å². The second kappa shape index (κ2) is 10.8. The first-order valence-corrected chi connectivity index (χ1v) is 13.4. The summed E-state index contributed by atoms with van der Waals surface area (Å²) >= 11 is 18.6. The normalized spacial score (nSPS) is 17.1.